The van der Waals surface area contributed by atoms with Crippen LogP contribution in [-0.2, 0) is 0 Å². The van der Waals surface area contributed by atoms with Gasteiger partial charge in [-0.1, -0.05) is 18.5 Å². The van der Waals surface area contributed by atoms with Crippen molar-refractivity contribution >= 4 is 23.4 Å². The average Bonchev–Trinajstić information content (AvgIpc) is 2.07. The zero-order valence-electron chi connectivity index (χ0n) is 7.30. The number of nitrogens with zero attached hydrogens (tertiary/aromatic N) is 1. The molecule has 0 atom stereocenters. The number of aryl methyl sites for hydroxylation is 1. The first kappa shape index (κ1) is 9.87. The second kappa shape index (κ2) is 4.73. The SMILES string of the molecule is CCCSc1cc(Cl)ncc1C. The summed E-state index contributed by atoms with van der Waals surface area (Å²) in [6, 6.07) is 1.93. The van der Waals surface area contributed by atoms with Crippen molar-refractivity contribution in [1.82, 2.24) is 4.98 Å². The molecule has 0 aliphatic carbocycles. The van der Waals surface area contributed by atoms with Gasteiger partial charge < -0.3 is 0 Å². The Balaban J connectivity index is 2.75. The van der Waals surface area contributed by atoms with Gasteiger partial charge in [-0.25, -0.2) is 4.98 Å². The molecule has 0 unspecified atom stereocenters. The minimum absolute atomic E-state index is 0.583. The highest BCUT2D eigenvalue weighted by Crippen LogP contribution is 2.24. The van der Waals surface area contributed by atoms with Gasteiger partial charge in [0.25, 0.3) is 0 Å². The Morgan fingerprint density at radius 3 is 3.00 bits per heavy atom. The molecule has 0 bridgehead atoms. The minimum Gasteiger partial charge on any atom is -0.244 e. The summed E-state index contributed by atoms with van der Waals surface area (Å²) in [6.07, 6.45) is 3.00. The number of rotatable bonds is 3. The third-order valence-corrected chi connectivity index (χ3v) is 3.05. The van der Waals surface area contributed by atoms with Crippen molar-refractivity contribution in [2.45, 2.75) is 25.2 Å². The fourth-order valence-electron chi connectivity index (χ4n) is 0.849. The molecule has 1 nitrogen and oxygen atoms in total. The number of hydrogen-bond acceptors (Lipinski definition) is 2. The van der Waals surface area contributed by atoms with Crippen molar-refractivity contribution in [2.24, 2.45) is 0 Å². The molecule has 3 heteroatoms. The summed E-state index contributed by atoms with van der Waals surface area (Å²) in [6.45, 7) is 4.23. The zero-order chi connectivity index (χ0) is 8.97. The van der Waals surface area contributed by atoms with E-state index in [4.69, 9.17) is 11.6 Å². The Morgan fingerprint density at radius 2 is 2.33 bits per heavy atom. The molecule has 0 spiro atoms. The molecule has 1 aromatic rings. The van der Waals surface area contributed by atoms with Crippen molar-refractivity contribution in [1.29, 1.82) is 0 Å². The van der Waals surface area contributed by atoms with Crippen LogP contribution >= 0.6 is 23.4 Å². The highest BCUT2D eigenvalue weighted by molar-refractivity contribution is 7.99. The van der Waals surface area contributed by atoms with Crippen molar-refractivity contribution in [3.63, 3.8) is 0 Å². The molecule has 66 valence electrons. The first-order chi connectivity index (χ1) is 5.74. The Morgan fingerprint density at radius 1 is 1.58 bits per heavy atom. The van der Waals surface area contributed by atoms with Gasteiger partial charge >= 0.3 is 0 Å². The summed E-state index contributed by atoms with van der Waals surface area (Å²) in [5, 5.41) is 0.583. The van der Waals surface area contributed by atoms with Crippen LogP contribution in [0.1, 0.15) is 18.9 Å². The van der Waals surface area contributed by atoms with Crippen molar-refractivity contribution in [3.8, 4) is 0 Å². The molecule has 0 fully saturated rings. The number of halogens is 1. The normalized spacial score (nSPS) is 10.2. The molecule has 0 radical (unpaired) electrons. The maximum atomic E-state index is 5.77. The Kier molecular flexibility index (Phi) is 3.89. The zero-order valence-corrected chi connectivity index (χ0v) is 8.87. The van der Waals surface area contributed by atoms with E-state index in [1.807, 2.05) is 24.0 Å². The molecule has 0 saturated heterocycles. The third-order valence-electron chi connectivity index (χ3n) is 1.48. The highest BCUT2D eigenvalue weighted by atomic mass is 35.5. The topological polar surface area (TPSA) is 12.9 Å². The fraction of sp³-hybridized carbons (Fsp3) is 0.444. The first-order valence-corrected chi connectivity index (χ1v) is 5.35. The van der Waals surface area contributed by atoms with E-state index >= 15 is 0 Å². The third kappa shape index (κ3) is 2.68. The highest BCUT2D eigenvalue weighted by Gasteiger charge is 1.99. The molecule has 0 aliphatic heterocycles. The maximum Gasteiger partial charge on any atom is 0.130 e. The van der Waals surface area contributed by atoms with E-state index in [0.29, 0.717) is 5.15 Å². The summed E-state index contributed by atoms with van der Waals surface area (Å²) in [4.78, 5) is 5.25. The Hall–Kier alpha value is -0.210. The molecular weight excluding hydrogens is 190 g/mol. The van der Waals surface area contributed by atoms with Crippen LogP contribution < -0.4 is 0 Å². The lowest BCUT2D eigenvalue weighted by Gasteiger charge is -2.03. The molecule has 1 aromatic heterocycles. The largest absolute Gasteiger partial charge is 0.244 e. The van der Waals surface area contributed by atoms with Crippen LogP contribution in [0.2, 0.25) is 5.15 Å². The predicted molar refractivity (Wildman–Crippen MR) is 55.0 cm³/mol. The second-order valence-corrected chi connectivity index (χ2v) is 4.14. The molecule has 0 aliphatic rings. The van der Waals surface area contributed by atoms with Gasteiger partial charge in [0.15, 0.2) is 0 Å². The number of pyridine rings is 1. The van der Waals surface area contributed by atoms with Crippen LogP contribution in [0.3, 0.4) is 0 Å². The van der Waals surface area contributed by atoms with Gasteiger partial charge in [-0.05, 0) is 30.7 Å². The lowest BCUT2D eigenvalue weighted by Crippen LogP contribution is -1.84. The summed E-state index contributed by atoms with van der Waals surface area (Å²) < 4.78 is 0. The molecule has 0 amide bonds. The van der Waals surface area contributed by atoms with Crippen LogP contribution in [0, 0.1) is 6.92 Å². The molecule has 0 N–H and O–H groups in total. The lowest BCUT2D eigenvalue weighted by atomic mass is 10.3. The number of aromatic nitrogens is 1. The van der Waals surface area contributed by atoms with Gasteiger partial charge in [0.1, 0.15) is 5.15 Å². The molecule has 0 aromatic carbocycles. The quantitative estimate of drug-likeness (QED) is 0.548. The number of hydrogen-bond donors (Lipinski definition) is 0. The minimum atomic E-state index is 0.583. The molecule has 1 rings (SSSR count). The van der Waals surface area contributed by atoms with Crippen LogP contribution in [-0.4, -0.2) is 10.7 Å². The van der Waals surface area contributed by atoms with Gasteiger partial charge in [0.05, 0.1) is 0 Å². The van der Waals surface area contributed by atoms with Crippen molar-refractivity contribution in [2.75, 3.05) is 5.75 Å². The van der Waals surface area contributed by atoms with Crippen LogP contribution in [0.15, 0.2) is 17.2 Å². The molecule has 1 heterocycles. The molecule has 0 saturated carbocycles. The van der Waals surface area contributed by atoms with Gasteiger partial charge in [-0.2, -0.15) is 0 Å². The van der Waals surface area contributed by atoms with Crippen molar-refractivity contribution in [3.05, 3.63) is 23.0 Å². The lowest BCUT2D eigenvalue weighted by molar-refractivity contribution is 1.10. The molecule has 12 heavy (non-hydrogen) atoms. The van der Waals surface area contributed by atoms with E-state index in [9.17, 15) is 0 Å². The smallest absolute Gasteiger partial charge is 0.130 e. The van der Waals surface area contributed by atoms with E-state index in [1.54, 1.807) is 0 Å². The van der Waals surface area contributed by atoms with E-state index in [2.05, 4.69) is 18.8 Å². The standard InChI is InChI=1S/C9H12ClNS/c1-3-4-12-8-5-9(10)11-6-7(8)2/h5-6H,3-4H2,1-2H3. The summed E-state index contributed by atoms with van der Waals surface area (Å²) in [5.41, 5.74) is 1.21. The van der Waals surface area contributed by atoms with E-state index in [0.717, 1.165) is 5.75 Å². The molecular formula is C9H12ClNS. The first-order valence-electron chi connectivity index (χ1n) is 3.99. The summed E-state index contributed by atoms with van der Waals surface area (Å²) >= 11 is 7.61. The Labute approximate surface area is 82.5 Å². The monoisotopic (exact) mass is 201 g/mol. The van der Waals surface area contributed by atoms with Crippen molar-refractivity contribution < 1.29 is 0 Å². The Bertz CT molecular complexity index is 263. The average molecular weight is 202 g/mol. The number of thioether (sulfide) groups is 1. The maximum absolute atomic E-state index is 5.77. The van der Waals surface area contributed by atoms with Crippen LogP contribution in [0.4, 0.5) is 0 Å². The van der Waals surface area contributed by atoms with E-state index < -0.39 is 0 Å². The van der Waals surface area contributed by atoms with Gasteiger partial charge in [-0.15, -0.1) is 11.8 Å². The van der Waals surface area contributed by atoms with Gasteiger partial charge in [0.2, 0.25) is 0 Å². The summed E-state index contributed by atoms with van der Waals surface area (Å²) in [5.74, 6) is 1.14. The van der Waals surface area contributed by atoms with Gasteiger partial charge in [0, 0.05) is 11.1 Å². The van der Waals surface area contributed by atoms with Crippen LogP contribution in [0.5, 0.6) is 0 Å². The van der Waals surface area contributed by atoms with Crippen LogP contribution in [0.25, 0.3) is 0 Å². The van der Waals surface area contributed by atoms with E-state index in [-0.39, 0.29) is 0 Å². The predicted octanol–water partition coefficient (Wildman–Crippen LogP) is 3.55. The second-order valence-electron chi connectivity index (χ2n) is 2.62. The van der Waals surface area contributed by atoms with E-state index in [1.165, 1.54) is 16.9 Å². The van der Waals surface area contributed by atoms with Gasteiger partial charge in [-0.3, -0.25) is 0 Å². The fourth-order valence-corrected chi connectivity index (χ4v) is 1.97. The summed E-state index contributed by atoms with van der Waals surface area (Å²) in [7, 11) is 0.